The number of morpholine rings is 1. The summed E-state index contributed by atoms with van der Waals surface area (Å²) in [7, 11) is 0. The Morgan fingerprint density at radius 2 is 2.50 bits per heavy atom. The highest BCUT2D eigenvalue weighted by Gasteiger charge is 2.15. The third-order valence-corrected chi connectivity index (χ3v) is 4.96. The summed E-state index contributed by atoms with van der Waals surface area (Å²) in [5.41, 5.74) is 0. The van der Waals surface area contributed by atoms with Crippen LogP contribution in [0, 0.1) is 0 Å². The van der Waals surface area contributed by atoms with E-state index in [0.29, 0.717) is 13.2 Å². The van der Waals surface area contributed by atoms with Crippen molar-refractivity contribution in [3.05, 3.63) is 22.4 Å². The van der Waals surface area contributed by atoms with E-state index in [1.807, 2.05) is 11.4 Å². The van der Waals surface area contributed by atoms with E-state index in [4.69, 9.17) is 4.74 Å². The number of carbonyl (C=O) groups excluding carboxylic acids is 1. The summed E-state index contributed by atoms with van der Waals surface area (Å²) in [5, 5.41) is 8.31. The van der Waals surface area contributed by atoms with Gasteiger partial charge in [-0.25, -0.2) is 0 Å². The van der Waals surface area contributed by atoms with Crippen molar-refractivity contribution in [3.63, 3.8) is 0 Å². The lowest BCUT2D eigenvalue weighted by atomic mass is 10.2. The van der Waals surface area contributed by atoms with Crippen LogP contribution in [0.25, 0.3) is 9.40 Å². The van der Waals surface area contributed by atoms with Crippen LogP contribution in [0.4, 0.5) is 0 Å². The van der Waals surface area contributed by atoms with Crippen LogP contribution in [0.3, 0.4) is 0 Å². The summed E-state index contributed by atoms with van der Waals surface area (Å²) in [6.07, 6.45) is 0. The molecule has 2 N–H and O–H groups in total. The van der Waals surface area contributed by atoms with E-state index in [2.05, 4.69) is 16.7 Å². The standard InChI is InChI=1S/C12H14N2O2S2/c15-12(14-6-8-7-16-3-2-13-8)11-5-10-9(18-11)1-4-17-10/h1,4-5,8,13H,2-3,6-7H2,(H,14,15). The second-order valence-corrected chi connectivity index (χ2v) is 6.23. The van der Waals surface area contributed by atoms with E-state index in [-0.39, 0.29) is 11.9 Å². The van der Waals surface area contributed by atoms with E-state index < -0.39 is 0 Å². The van der Waals surface area contributed by atoms with Crippen molar-refractivity contribution in [3.8, 4) is 0 Å². The van der Waals surface area contributed by atoms with Crippen LogP contribution in [-0.4, -0.2) is 38.3 Å². The van der Waals surface area contributed by atoms with Crippen LogP contribution in [0.15, 0.2) is 17.5 Å². The fraction of sp³-hybridized carbons (Fsp3) is 0.417. The molecule has 2 aromatic heterocycles. The van der Waals surface area contributed by atoms with Gasteiger partial charge in [0.05, 0.1) is 18.1 Å². The topological polar surface area (TPSA) is 50.4 Å². The van der Waals surface area contributed by atoms with Crippen molar-refractivity contribution in [1.82, 2.24) is 10.6 Å². The number of fused-ring (bicyclic) bond motifs is 1. The summed E-state index contributed by atoms with van der Waals surface area (Å²) in [6, 6.07) is 4.24. The molecule has 0 aliphatic carbocycles. The van der Waals surface area contributed by atoms with Gasteiger partial charge in [-0.05, 0) is 17.5 Å². The van der Waals surface area contributed by atoms with Crippen molar-refractivity contribution in [2.24, 2.45) is 0 Å². The summed E-state index contributed by atoms with van der Waals surface area (Å²) in [4.78, 5) is 12.8. The lowest BCUT2D eigenvalue weighted by Crippen LogP contribution is -2.48. The van der Waals surface area contributed by atoms with Gasteiger partial charge in [-0.1, -0.05) is 0 Å². The number of amides is 1. The lowest BCUT2D eigenvalue weighted by Gasteiger charge is -2.23. The number of carbonyl (C=O) groups is 1. The minimum atomic E-state index is 0.00998. The third-order valence-electron chi connectivity index (χ3n) is 2.87. The van der Waals surface area contributed by atoms with Crippen LogP contribution >= 0.6 is 22.7 Å². The van der Waals surface area contributed by atoms with Crippen LogP contribution in [0.5, 0.6) is 0 Å². The Balaban J connectivity index is 1.59. The van der Waals surface area contributed by atoms with E-state index in [1.54, 1.807) is 22.7 Å². The third kappa shape index (κ3) is 2.56. The zero-order chi connectivity index (χ0) is 12.4. The minimum absolute atomic E-state index is 0.00998. The molecule has 1 unspecified atom stereocenters. The van der Waals surface area contributed by atoms with Crippen LogP contribution < -0.4 is 10.6 Å². The Kier molecular flexibility index (Phi) is 3.60. The lowest BCUT2D eigenvalue weighted by molar-refractivity contribution is 0.0735. The number of nitrogens with one attached hydrogen (secondary N) is 2. The Bertz CT molecular complexity index is 515. The van der Waals surface area contributed by atoms with Gasteiger partial charge in [0.25, 0.3) is 5.91 Å². The molecule has 0 aromatic carbocycles. The van der Waals surface area contributed by atoms with Gasteiger partial charge in [-0.15, -0.1) is 22.7 Å². The largest absolute Gasteiger partial charge is 0.378 e. The molecule has 96 valence electrons. The maximum absolute atomic E-state index is 12.0. The number of hydrogen-bond acceptors (Lipinski definition) is 5. The van der Waals surface area contributed by atoms with E-state index in [0.717, 1.165) is 18.0 Å². The Morgan fingerprint density at radius 3 is 3.28 bits per heavy atom. The molecule has 1 fully saturated rings. The van der Waals surface area contributed by atoms with Gasteiger partial charge in [-0.2, -0.15) is 0 Å². The maximum Gasteiger partial charge on any atom is 0.261 e. The molecular formula is C12H14N2O2S2. The average Bonchev–Trinajstić information content (AvgIpc) is 2.98. The van der Waals surface area contributed by atoms with Gasteiger partial charge in [-0.3, -0.25) is 4.79 Å². The highest BCUT2D eigenvalue weighted by molar-refractivity contribution is 7.27. The molecule has 1 saturated heterocycles. The molecular weight excluding hydrogens is 268 g/mol. The molecule has 0 radical (unpaired) electrons. The number of rotatable bonds is 3. The van der Waals surface area contributed by atoms with E-state index in [9.17, 15) is 4.79 Å². The fourth-order valence-electron chi connectivity index (χ4n) is 1.93. The summed E-state index contributed by atoms with van der Waals surface area (Å²) in [5.74, 6) is 0.00998. The zero-order valence-electron chi connectivity index (χ0n) is 9.77. The molecule has 0 bridgehead atoms. The first-order valence-electron chi connectivity index (χ1n) is 5.89. The Morgan fingerprint density at radius 1 is 1.56 bits per heavy atom. The van der Waals surface area contributed by atoms with Gasteiger partial charge < -0.3 is 15.4 Å². The highest BCUT2D eigenvalue weighted by Crippen LogP contribution is 2.29. The minimum Gasteiger partial charge on any atom is -0.378 e. The second-order valence-electron chi connectivity index (χ2n) is 4.20. The van der Waals surface area contributed by atoms with Gasteiger partial charge in [0.2, 0.25) is 0 Å². The molecule has 18 heavy (non-hydrogen) atoms. The molecule has 3 rings (SSSR count). The van der Waals surface area contributed by atoms with Crippen LogP contribution in [-0.2, 0) is 4.74 Å². The normalized spacial score (nSPS) is 20.1. The Hall–Kier alpha value is -0.950. The van der Waals surface area contributed by atoms with Gasteiger partial charge in [0.1, 0.15) is 0 Å². The molecule has 3 heterocycles. The molecule has 1 amide bonds. The predicted molar refractivity (Wildman–Crippen MR) is 74.6 cm³/mol. The van der Waals surface area contributed by atoms with Crippen LogP contribution in [0.1, 0.15) is 9.67 Å². The molecule has 4 nitrogen and oxygen atoms in total. The molecule has 2 aromatic rings. The molecule has 1 aliphatic heterocycles. The van der Waals surface area contributed by atoms with Crippen molar-refractivity contribution >= 4 is 38.0 Å². The van der Waals surface area contributed by atoms with E-state index >= 15 is 0 Å². The maximum atomic E-state index is 12.0. The van der Waals surface area contributed by atoms with E-state index in [1.165, 1.54) is 9.40 Å². The molecule has 1 aliphatic rings. The molecule has 6 heteroatoms. The number of hydrogen-bond donors (Lipinski definition) is 2. The van der Waals surface area contributed by atoms with Crippen LogP contribution in [0.2, 0.25) is 0 Å². The zero-order valence-corrected chi connectivity index (χ0v) is 11.4. The average molecular weight is 282 g/mol. The molecule has 1 atom stereocenters. The van der Waals surface area contributed by atoms with Crippen molar-refractivity contribution in [2.45, 2.75) is 6.04 Å². The van der Waals surface area contributed by atoms with Crippen molar-refractivity contribution in [2.75, 3.05) is 26.3 Å². The quantitative estimate of drug-likeness (QED) is 0.900. The monoisotopic (exact) mass is 282 g/mol. The fourth-order valence-corrected chi connectivity index (χ4v) is 3.96. The number of thiophene rings is 2. The first kappa shape index (κ1) is 12.1. The smallest absolute Gasteiger partial charge is 0.261 e. The Labute approximate surface area is 113 Å². The van der Waals surface area contributed by atoms with Gasteiger partial charge >= 0.3 is 0 Å². The highest BCUT2D eigenvalue weighted by atomic mass is 32.1. The second kappa shape index (κ2) is 5.36. The summed E-state index contributed by atoms with van der Waals surface area (Å²) < 4.78 is 7.72. The number of ether oxygens (including phenoxy) is 1. The van der Waals surface area contributed by atoms with Gasteiger partial charge in [0, 0.05) is 28.5 Å². The first-order chi connectivity index (χ1) is 8.83. The SMILES string of the molecule is O=C(NCC1COCCN1)c1cc2sccc2s1. The van der Waals surface area contributed by atoms with Crippen molar-refractivity contribution in [1.29, 1.82) is 0 Å². The summed E-state index contributed by atoms with van der Waals surface area (Å²) >= 11 is 3.22. The molecule has 0 spiro atoms. The predicted octanol–water partition coefficient (Wildman–Crippen LogP) is 1.68. The first-order valence-corrected chi connectivity index (χ1v) is 7.59. The summed E-state index contributed by atoms with van der Waals surface area (Å²) in [6.45, 7) is 2.89. The molecule has 0 saturated carbocycles. The van der Waals surface area contributed by atoms with Crippen molar-refractivity contribution < 1.29 is 9.53 Å². The van der Waals surface area contributed by atoms with Gasteiger partial charge in [0.15, 0.2) is 0 Å².